The molecule has 1 atom stereocenters. The molecular weight excluding hydrogens is 356 g/mol. The van der Waals surface area contributed by atoms with E-state index in [-0.39, 0.29) is 17.9 Å². The number of carbonyl (C=O) groups is 1. The summed E-state index contributed by atoms with van der Waals surface area (Å²) in [6.07, 6.45) is 1.92. The van der Waals surface area contributed by atoms with Gasteiger partial charge in [0.2, 0.25) is 5.91 Å². The fraction of sp³-hybridized carbons (Fsp3) is 0.682. The van der Waals surface area contributed by atoms with Gasteiger partial charge in [-0.3, -0.25) is 9.69 Å². The zero-order chi connectivity index (χ0) is 20.0. The molecule has 0 unspecified atom stereocenters. The van der Waals surface area contributed by atoms with Gasteiger partial charge in [0.1, 0.15) is 12.4 Å². The molecule has 6 heteroatoms. The number of likely N-dealkylation sites (tertiary alicyclic amines) is 1. The predicted molar refractivity (Wildman–Crippen MR) is 108 cm³/mol. The smallest absolute Gasteiger partial charge is 0.227 e. The lowest BCUT2D eigenvalue weighted by molar-refractivity contribution is -0.140. The van der Waals surface area contributed by atoms with E-state index in [1.54, 1.807) is 0 Å². The van der Waals surface area contributed by atoms with Crippen LogP contribution in [0.4, 0.5) is 0 Å². The summed E-state index contributed by atoms with van der Waals surface area (Å²) in [6, 6.07) is 8.03. The van der Waals surface area contributed by atoms with E-state index in [0.717, 1.165) is 64.5 Å². The van der Waals surface area contributed by atoms with Crippen molar-refractivity contribution >= 4 is 5.91 Å². The second kappa shape index (κ2) is 9.72. The molecule has 1 amide bonds. The lowest BCUT2D eigenvalue weighted by Crippen LogP contribution is -2.46. The summed E-state index contributed by atoms with van der Waals surface area (Å²) >= 11 is 0. The number of benzene rings is 1. The monoisotopic (exact) mass is 390 g/mol. The third-order valence-corrected chi connectivity index (χ3v) is 6.24. The van der Waals surface area contributed by atoms with Crippen molar-refractivity contribution in [2.75, 3.05) is 52.6 Å². The molecule has 156 valence electrons. The summed E-state index contributed by atoms with van der Waals surface area (Å²) in [7, 11) is 0. The Balaban J connectivity index is 1.74. The molecule has 2 aliphatic rings. The molecule has 0 aliphatic carbocycles. The van der Waals surface area contributed by atoms with E-state index in [1.807, 2.05) is 23.1 Å². The molecule has 2 heterocycles. The van der Waals surface area contributed by atoms with E-state index in [0.29, 0.717) is 12.5 Å². The topological polar surface area (TPSA) is 62.2 Å². The summed E-state index contributed by atoms with van der Waals surface area (Å²) < 4.78 is 11.2. The first-order valence-electron chi connectivity index (χ1n) is 10.5. The number of carbonyl (C=O) groups excluding carboxylic acids is 1. The van der Waals surface area contributed by atoms with Crippen LogP contribution < -0.4 is 4.74 Å². The highest BCUT2D eigenvalue weighted by Crippen LogP contribution is 2.45. The highest BCUT2D eigenvalue weighted by molar-refractivity contribution is 5.80. The molecular formula is C22H34N2O4. The molecule has 6 nitrogen and oxygen atoms in total. The van der Waals surface area contributed by atoms with Crippen LogP contribution in [0.15, 0.2) is 24.3 Å². The molecule has 0 saturated carbocycles. The Hall–Kier alpha value is -1.63. The van der Waals surface area contributed by atoms with Crippen LogP contribution in [0.1, 0.15) is 32.3 Å². The molecule has 0 radical (unpaired) electrons. The van der Waals surface area contributed by atoms with Crippen molar-refractivity contribution < 1.29 is 19.4 Å². The minimum Gasteiger partial charge on any atom is -0.491 e. The van der Waals surface area contributed by atoms with Crippen molar-refractivity contribution in [2.45, 2.75) is 33.2 Å². The van der Waals surface area contributed by atoms with Crippen LogP contribution in [0.3, 0.4) is 0 Å². The summed E-state index contributed by atoms with van der Waals surface area (Å²) in [5.41, 5.74) is 1.21. The van der Waals surface area contributed by atoms with Gasteiger partial charge in [-0.25, -0.2) is 0 Å². The lowest BCUT2D eigenvalue weighted by atomic mass is 9.71. The number of hydrogen-bond donors (Lipinski definition) is 1. The minimum absolute atomic E-state index is 0.0100. The van der Waals surface area contributed by atoms with E-state index in [4.69, 9.17) is 14.6 Å². The first-order valence-corrected chi connectivity index (χ1v) is 10.5. The van der Waals surface area contributed by atoms with Crippen LogP contribution in [0.2, 0.25) is 0 Å². The fourth-order valence-electron chi connectivity index (χ4n) is 4.73. The number of aliphatic hydroxyl groups excluding tert-OH is 1. The van der Waals surface area contributed by atoms with Crippen molar-refractivity contribution in [3.63, 3.8) is 0 Å². The standard InChI is InChI=1S/C22H34N2O4/c1-3-24(4-2)21(26)20-16-23(17-22(20)8-11-27-12-9-22)15-18-6-5-7-19(14-18)28-13-10-25/h5-7,14,20,25H,3-4,8-13,15-17H2,1-2H3/t20-/m0/s1. The van der Waals surface area contributed by atoms with Crippen LogP contribution in [-0.4, -0.2) is 73.4 Å². The number of hydrogen-bond acceptors (Lipinski definition) is 5. The number of rotatable bonds is 8. The molecule has 2 saturated heterocycles. The number of amides is 1. The molecule has 1 spiro atoms. The third-order valence-electron chi connectivity index (χ3n) is 6.24. The van der Waals surface area contributed by atoms with E-state index >= 15 is 0 Å². The van der Waals surface area contributed by atoms with Gasteiger partial charge in [-0.15, -0.1) is 0 Å². The second-order valence-electron chi connectivity index (χ2n) is 7.93. The van der Waals surface area contributed by atoms with Gasteiger partial charge >= 0.3 is 0 Å². The van der Waals surface area contributed by atoms with E-state index in [2.05, 4.69) is 24.8 Å². The van der Waals surface area contributed by atoms with Gasteiger partial charge in [0.05, 0.1) is 12.5 Å². The Kier molecular flexibility index (Phi) is 7.32. The van der Waals surface area contributed by atoms with E-state index in [1.165, 1.54) is 5.56 Å². The van der Waals surface area contributed by atoms with Gasteiger partial charge in [0.25, 0.3) is 0 Å². The quantitative estimate of drug-likeness (QED) is 0.737. The minimum atomic E-state index is 0.0100. The van der Waals surface area contributed by atoms with Gasteiger partial charge in [-0.2, -0.15) is 0 Å². The molecule has 1 aromatic carbocycles. The van der Waals surface area contributed by atoms with Gasteiger partial charge in [-0.05, 0) is 44.4 Å². The number of aliphatic hydroxyl groups is 1. The highest BCUT2D eigenvalue weighted by Gasteiger charge is 2.51. The van der Waals surface area contributed by atoms with Gasteiger partial charge < -0.3 is 19.5 Å². The summed E-state index contributed by atoms with van der Waals surface area (Å²) in [5.74, 6) is 1.13. The SMILES string of the molecule is CCN(CC)C(=O)[C@@H]1CN(Cc2cccc(OCCO)c2)CC12CCOCC2. The van der Waals surface area contributed by atoms with Gasteiger partial charge in [0.15, 0.2) is 0 Å². The Morgan fingerprint density at radius 2 is 2.07 bits per heavy atom. The zero-order valence-electron chi connectivity index (χ0n) is 17.2. The van der Waals surface area contributed by atoms with Crippen molar-refractivity contribution in [3.8, 4) is 5.75 Å². The van der Waals surface area contributed by atoms with Crippen LogP contribution in [0.5, 0.6) is 5.75 Å². The maximum absolute atomic E-state index is 13.3. The molecule has 28 heavy (non-hydrogen) atoms. The van der Waals surface area contributed by atoms with Crippen LogP contribution in [0, 0.1) is 11.3 Å². The predicted octanol–water partition coefficient (Wildman–Crippen LogP) is 2.15. The van der Waals surface area contributed by atoms with Gasteiger partial charge in [0, 0.05) is 51.4 Å². The van der Waals surface area contributed by atoms with Crippen LogP contribution in [0.25, 0.3) is 0 Å². The first-order chi connectivity index (χ1) is 13.6. The largest absolute Gasteiger partial charge is 0.491 e. The molecule has 1 N–H and O–H groups in total. The fourth-order valence-corrected chi connectivity index (χ4v) is 4.73. The molecule has 2 fully saturated rings. The summed E-state index contributed by atoms with van der Waals surface area (Å²) in [4.78, 5) is 17.7. The Morgan fingerprint density at radius 1 is 1.32 bits per heavy atom. The molecule has 1 aromatic rings. The molecule has 0 aromatic heterocycles. The molecule has 0 bridgehead atoms. The first kappa shape index (κ1) is 21.1. The van der Waals surface area contributed by atoms with Crippen LogP contribution >= 0.6 is 0 Å². The third kappa shape index (κ3) is 4.67. The summed E-state index contributed by atoms with van der Waals surface area (Å²) in [6.45, 7) is 10.0. The number of ether oxygens (including phenoxy) is 2. The second-order valence-corrected chi connectivity index (χ2v) is 7.93. The Bertz CT molecular complexity index is 641. The average Bonchev–Trinajstić information content (AvgIpc) is 3.05. The molecule has 3 rings (SSSR count). The van der Waals surface area contributed by atoms with Crippen molar-refractivity contribution in [1.29, 1.82) is 0 Å². The Morgan fingerprint density at radius 3 is 2.75 bits per heavy atom. The highest BCUT2D eigenvalue weighted by atomic mass is 16.5. The van der Waals surface area contributed by atoms with E-state index < -0.39 is 0 Å². The van der Waals surface area contributed by atoms with Crippen molar-refractivity contribution in [2.24, 2.45) is 11.3 Å². The molecule has 2 aliphatic heterocycles. The van der Waals surface area contributed by atoms with E-state index in [9.17, 15) is 4.79 Å². The van der Waals surface area contributed by atoms with Crippen LogP contribution in [-0.2, 0) is 16.1 Å². The average molecular weight is 391 g/mol. The van der Waals surface area contributed by atoms with Crippen molar-refractivity contribution in [3.05, 3.63) is 29.8 Å². The lowest BCUT2D eigenvalue weighted by Gasteiger charge is -2.39. The number of nitrogens with zero attached hydrogens (tertiary/aromatic N) is 2. The zero-order valence-corrected chi connectivity index (χ0v) is 17.2. The van der Waals surface area contributed by atoms with Crippen molar-refractivity contribution in [1.82, 2.24) is 9.80 Å². The Labute approximate surface area is 168 Å². The maximum Gasteiger partial charge on any atom is 0.227 e. The summed E-state index contributed by atoms with van der Waals surface area (Å²) in [5, 5.41) is 8.95. The maximum atomic E-state index is 13.3. The van der Waals surface area contributed by atoms with Gasteiger partial charge in [-0.1, -0.05) is 12.1 Å². The normalized spacial score (nSPS) is 21.8.